The number of nitrogens with zero attached hydrogens (tertiary/aromatic N) is 1. The molecule has 2 fully saturated rings. The molecular weight excluding hydrogens is 352 g/mol. The van der Waals surface area contributed by atoms with Crippen LogP contribution in [0.25, 0.3) is 0 Å². The summed E-state index contributed by atoms with van der Waals surface area (Å²) >= 11 is 0. The highest BCUT2D eigenvalue weighted by Crippen LogP contribution is 2.27. The van der Waals surface area contributed by atoms with Crippen molar-refractivity contribution >= 4 is 5.91 Å². The van der Waals surface area contributed by atoms with Gasteiger partial charge in [0.1, 0.15) is 0 Å². The quantitative estimate of drug-likeness (QED) is 0.721. The van der Waals surface area contributed by atoms with Gasteiger partial charge in [-0.3, -0.25) is 15.6 Å². The van der Waals surface area contributed by atoms with E-state index in [1.54, 1.807) is 0 Å². The predicted molar refractivity (Wildman–Crippen MR) is 112 cm³/mol. The lowest BCUT2D eigenvalue weighted by molar-refractivity contribution is -0.0586. The second kappa shape index (κ2) is 8.91. The number of amides is 1. The summed E-state index contributed by atoms with van der Waals surface area (Å²) in [6.07, 6.45) is 0.181. The Balaban J connectivity index is 1.50. The molecule has 4 atom stereocenters. The zero-order valence-electron chi connectivity index (χ0n) is 17.9. The smallest absolute Gasteiger partial charge is 0.254 e. The molecule has 0 saturated carbocycles. The van der Waals surface area contributed by atoms with Crippen molar-refractivity contribution in [2.75, 3.05) is 26.2 Å². The summed E-state index contributed by atoms with van der Waals surface area (Å²) in [4.78, 5) is 14.7. The molecule has 4 unspecified atom stereocenters. The Labute approximate surface area is 169 Å². The average Bonchev–Trinajstić information content (AvgIpc) is 3.10. The first-order valence-electron chi connectivity index (χ1n) is 10.5. The van der Waals surface area contributed by atoms with Crippen LogP contribution in [-0.2, 0) is 11.3 Å². The van der Waals surface area contributed by atoms with E-state index in [-0.39, 0.29) is 23.5 Å². The molecule has 1 amide bonds. The van der Waals surface area contributed by atoms with E-state index in [0.29, 0.717) is 25.0 Å². The van der Waals surface area contributed by atoms with Crippen molar-refractivity contribution < 1.29 is 9.53 Å². The zero-order chi connectivity index (χ0) is 20.3. The van der Waals surface area contributed by atoms with Crippen molar-refractivity contribution in [2.24, 2.45) is 11.3 Å². The van der Waals surface area contributed by atoms with Crippen LogP contribution in [0.1, 0.15) is 50.5 Å². The van der Waals surface area contributed by atoms with Gasteiger partial charge < -0.3 is 15.0 Å². The third-order valence-corrected chi connectivity index (χ3v) is 5.67. The standard InChI is InChI=1S/C22H36N4O2/c1-15-13-26(14-16(2)28-15)21(27)18-8-6-17(7-9-18)10-23-11-19-12-24-25-20(19)22(3,4)5/h6-9,15-16,19-20,23-25H,10-14H2,1-5H3. The minimum atomic E-state index is 0.0904. The second-order valence-corrected chi connectivity index (χ2v) is 9.42. The van der Waals surface area contributed by atoms with Gasteiger partial charge in [-0.15, -0.1) is 0 Å². The van der Waals surface area contributed by atoms with Gasteiger partial charge in [0, 0.05) is 50.2 Å². The van der Waals surface area contributed by atoms with E-state index >= 15 is 0 Å². The van der Waals surface area contributed by atoms with E-state index in [1.807, 2.05) is 30.9 Å². The van der Waals surface area contributed by atoms with E-state index in [0.717, 1.165) is 25.2 Å². The number of carbonyl (C=O) groups is 1. The fraction of sp³-hybridized carbons (Fsp3) is 0.682. The van der Waals surface area contributed by atoms with Crippen molar-refractivity contribution in [2.45, 2.75) is 59.4 Å². The van der Waals surface area contributed by atoms with Gasteiger partial charge in [-0.2, -0.15) is 0 Å². The van der Waals surface area contributed by atoms with Crippen molar-refractivity contribution in [1.82, 2.24) is 21.1 Å². The molecule has 0 spiro atoms. The summed E-state index contributed by atoms with van der Waals surface area (Å²) < 4.78 is 5.73. The van der Waals surface area contributed by atoms with E-state index in [1.165, 1.54) is 5.56 Å². The molecule has 6 nitrogen and oxygen atoms in total. The van der Waals surface area contributed by atoms with Crippen LogP contribution in [0.5, 0.6) is 0 Å². The topological polar surface area (TPSA) is 65.6 Å². The minimum absolute atomic E-state index is 0.0904. The summed E-state index contributed by atoms with van der Waals surface area (Å²) in [5.41, 5.74) is 8.89. The van der Waals surface area contributed by atoms with E-state index < -0.39 is 0 Å². The maximum absolute atomic E-state index is 12.8. The van der Waals surface area contributed by atoms with Gasteiger partial charge in [0.15, 0.2) is 0 Å². The molecule has 2 aliphatic rings. The number of hydrogen-bond acceptors (Lipinski definition) is 5. The second-order valence-electron chi connectivity index (χ2n) is 9.42. The molecular formula is C22H36N4O2. The van der Waals surface area contributed by atoms with Crippen LogP contribution in [0.15, 0.2) is 24.3 Å². The van der Waals surface area contributed by atoms with Crippen LogP contribution in [0.3, 0.4) is 0 Å². The largest absolute Gasteiger partial charge is 0.372 e. The van der Waals surface area contributed by atoms with Gasteiger partial charge in [-0.1, -0.05) is 32.9 Å². The number of ether oxygens (including phenoxy) is 1. The van der Waals surface area contributed by atoms with Crippen LogP contribution < -0.4 is 16.2 Å². The molecule has 28 heavy (non-hydrogen) atoms. The number of rotatable bonds is 5. The third kappa shape index (κ3) is 5.32. The van der Waals surface area contributed by atoms with Crippen molar-refractivity contribution in [3.05, 3.63) is 35.4 Å². The number of hydrazine groups is 1. The Hall–Kier alpha value is -1.47. The first-order valence-corrected chi connectivity index (χ1v) is 10.5. The van der Waals surface area contributed by atoms with Crippen molar-refractivity contribution in [1.29, 1.82) is 0 Å². The first-order chi connectivity index (χ1) is 13.2. The summed E-state index contributed by atoms with van der Waals surface area (Å²) in [6.45, 7) is 14.9. The van der Waals surface area contributed by atoms with Gasteiger partial charge in [-0.25, -0.2) is 0 Å². The highest BCUT2D eigenvalue weighted by molar-refractivity contribution is 5.94. The zero-order valence-corrected chi connectivity index (χ0v) is 17.9. The minimum Gasteiger partial charge on any atom is -0.372 e. The molecule has 1 aromatic rings. The Morgan fingerprint density at radius 2 is 1.82 bits per heavy atom. The Morgan fingerprint density at radius 3 is 2.43 bits per heavy atom. The average molecular weight is 389 g/mol. The number of carbonyl (C=O) groups excluding carboxylic acids is 1. The lowest BCUT2D eigenvalue weighted by atomic mass is 9.80. The highest BCUT2D eigenvalue weighted by Gasteiger charge is 2.35. The van der Waals surface area contributed by atoms with Crippen molar-refractivity contribution in [3.8, 4) is 0 Å². The summed E-state index contributed by atoms with van der Waals surface area (Å²) in [5, 5.41) is 3.58. The van der Waals surface area contributed by atoms with E-state index in [2.05, 4.69) is 49.1 Å². The summed E-state index contributed by atoms with van der Waals surface area (Å²) in [6, 6.07) is 8.46. The predicted octanol–water partition coefficient (Wildman–Crippen LogP) is 2.16. The van der Waals surface area contributed by atoms with Crippen LogP contribution in [0.4, 0.5) is 0 Å². The molecule has 2 heterocycles. The van der Waals surface area contributed by atoms with Crippen LogP contribution in [0.2, 0.25) is 0 Å². The molecule has 0 aromatic heterocycles. The Bertz CT molecular complexity index is 645. The summed E-state index contributed by atoms with van der Waals surface area (Å²) in [7, 11) is 0. The molecule has 3 N–H and O–H groups in total. The molecule has 2 saturated heterocycles. The molecule has 1 aromatic carbocycles. The molecule has 0 aliphatic carbocycles. The maximum Gasteiger partial charge on any atom is 0.254 e. The van der Waals surface area contributed by atoms with Gasteiger partial charge in [0.2, 0.25) is 0 Å². The lowest BCUT2D eigenvalue weighted by Crippen LogP contribution is -2.48. The number of morpholine rings is 1. The van der Waals surface area contributed by atoms with Crippen LogP contribution in [0, 0.1) is 11.3 Å². The van der Waals surface area contributed by atoms with E-state index in [9.17, 15) is 4.79 Å². The lowest BCUT2D eigenvalue weighted by Gasteiger charge is -2.35. The van der Waals surface area contributed by atoms with Gasteiger partial charge in [0.25, 0.3) is 5.91 Å². The monoisotopic (exact) mass is 388 g/mol. The normalized spacial score (nSPS) is 28.5. The van der Waals surface area contributed by atoms with Gasteiger partial charge >= 0.3 is 0 Å². The third-order valence-electron chi connectivity index (χ3n) is 5.67. The molecule has 2 aliphatic heterocycles. The number of hydrogen-bond donors (Lipinski definition) is 3. The summed E-state index contributed by atoms with van der Waals surface area (Å²) in [5.74, 6) is 0.656. The van der Waals surface area contributed by atoms with Crippen LogP contribution >= 0.6 is 0 Å². The molecule has 3 rings (SSSR count). The van der Waals surface area contributed by atoms with Crippen molar-refractivity contribution in [3.63, 3.8) is 0 Å². The Kier molecular flexibility index (Phi) is 6.76. The molecule has 6 heteroatoms. The maximum atomic E-state index is 12.8. The van der Waals surface area contributed by atoms with Crippen LogP contribution in [-0.4, -0.2) is 55.2 Å². The molecule has 0 radical (unpaired) electrons. The fourth-order valence-electron chi connectivity index (χ4n) is 4.34. The molecule has 0 bridgehead atoms. The highest BCUT2D eigenvalue weighted by atomic mass is 16.5. The van der Waals surface area contributed by atoms with Gasteiger partial charge in [-0.05, 0) is 37.0 Å². The first kappa shape index (κ1) is 21.2. The fourth-order valence-corrected chi connectivity index (χ4v) is 4.34. The SMILES string of the molecule is CC1CN(C(=O)c2ccc(CNCC3CNNC3C(C)(C)C)cc2)CC(C)O1. The Morgan fingerprint density at radius 1 is 1.18 bits per heavy atom. The molecule has 156 valence electrons. The van der Waals surface area contributed by atoms with E-state index in [4.69, 9.17) is 4.74 Å². The number of nitrogens with one attached hydrogen (secondary N) is 3. The number of benzene rings is 1. The van der Waals surface area contributed by atoms with Gasteiger partial charge in [0.05, 0.1) is 12.2 Å².